The Morgan fingerprint density at radius 3 is 2.71 bits per heavy atom. The number of anilines is 1. The number of rotatable bonds is 5. The molecule has 1 fully saturated rings. The number of nitrogens with zero attached hydrogens (tertiary/aromatic N) is 3. The normalized spacial score (nSPS) is 18.8. The molecule has 1 aliphatic heterocycles. The van der Waals surface area contributed by atoms with E-state index in [-0.39, 0.29) is 30.2 Å². The topological polar surface area (TPSA) is 67.2 Å². The summed E-state index contributed by atoms with van der Waals surface area (Å²) in [4.78, 5) is 32.2. The van der Waals surface area contributed by atoms with E-state index in [1.807, 2.05) is 54.2 Å². The molecule has 0 bridgehead atoms. The first-order chi connectivity index (χ1) is 15.1. The fourth-order valence-electron chi connectivity index (χ4n) is 4.72. The Morgan fingerprint density at radius 1 is 1.13 bits per heavy atom. The highest BCUT2D eigenvalue weighted by Gasteiger charge is 2.36. The molecule has 1 aliphatic carbocycles. The van der Waals surface area contributed by atoms with Crippen LogP contribution in [0.1, 0.15) is 41.4 Å². The lowest BCUT2D eigenvalue weighted by Gasteiger charge is -2.22. The van der Waals surface area contributed by atoms with Gasteiger partial charge in [-0.1, -0.05) is 36.4 Å². The molecular weight excluding hydrogens is 388 g/mol. The van der Waals surface area contributed by atoms with E-state index < -0.39 is 0 Å². The quantitative estimate of drug-likeness (QED) is 0.697. The van der Waals surface area contributed by atoms with Crippen LogP contribution >= 0.6 is 0 Å². The van der Waals surface area contributed by atoms with Crippen LogP contribution in [0.2, 0.25) is 0 Å². The number of aromatic nitrogens is 2. The third-order valence-electron chi connectivity index (χ3n) is 6.43. The van der Waals surface area contributed by atoms with Gasteiger partial charge in [0.2, 0.25) is 11.8 Å². The molecule has 1 saturated heterocycles. The molecule has 6 nitrogen and oxygen atoms in total. The zero-order valence-corrected chi connectivity index (χ0v) is 17.6. The van der Waals surface area contributed by atoms with Crippen LogP contribution in [0.25, 0.3) is 0 Å². The van der Waals surface area contributed by atoms with Gasteiger partial charge in [-0.2, -0.15) is 0 Å². The second-order valence-electron chi connectivity index (χ2n) is 8.46. The van der Waals surface area contributed by atoms with Crippen LogP contribution in [0.5, 0.6) is 0 Å². The van der Waals surface area contributed by atoms with Crippen LogP contribution in [0.4, 0.5) is 5.69 Å². The fraction of sp³-hybridized carbons (Fsp3) is 0.320. The summed E-state index contributed by atoms with van der Waals surface area (Å²) in [6.45, 7) is 0.408. The number of hydrogen-bond donors (Lipinski definition) is 1. The number of benzene rings is 2. The lowest BCUT2D eigenvalue weighted by atomic mass is 10.0. The molecule has 1 N–H and O–H groups in total. The van der Waals surface area contributed by atoms with Gasteiger partial charge in [-0.15, -0.1) is 0 Å². The van der Waals surface area contributed by atoms with Crippen molar-refractivity contribution in [1.82, 2.24) is 14.9 Å². The molecular formula is C25H26N4O2. The summed E-state index contributed by atoms with van der Waals surface area (Å²) in [6.07, 6.45) is 7.18. The average Bonchev–Trinajstić information content (AvgIpc) is 3.51. The average molecular weight is 415 g/mol. The predicted molar refractivity (Wildman–Crippen MR) is 119 cm³/mol. The van der Waals surface area contributed by atoms with Crippen molar-refractivity contribution in [3.05, 3.63) is 83.4 Å². The number of carbonyl (C=O) groups excluding carboxylic acids is 2. The van der Waals surface area contributed by atoms with Gasteiger partial charge in [0.15, 0.2) is 0 Å². The Kier molecular flexibility index (Phi) is 5.06. The van der Waals surface area contributed by atoms with Crippen molar-refractivity contribution in [2.24, 2.45) is 13.0 Å². The van der Waals surface area contributed by atoms with Gasteiger partial charge in [0.25, 0.3) is 0 Å². The lowest BCUT2D eigenvalue weighted by Crippen LogP contribution is -2.37. The molecule has 5 rings (SSSR count). The number of hydrogen-bond acceptors (Lipinski definition) is 3. The second kappa shape index (κ2) is 8.02. The van der Waals surface area contributed by atoms with Gasteiger partial charge < -0.3 is 14.8 Å². The SMILES string of the molecule is Cn1ccnc1C(NC(=O)C1CC(=O)N(c2ccc3c(c2)CCC3)C1)c1ccccc1. The predicted octanol–water partition coefficient (Wildman–Crippen LogP) is 3.17. The summed E-state index contributed by atoms with van der Waals surface area (Å²) < 4.78 is 1.91. The maximum Gasteiger partial charge on any atom is 0.227 e. The first-order valence-corrected chi connectivity index (χ1v) is 10.8. The van der Waals surface area contributed by atoms with Crippen molar-refractivity contribution in [2.75, 3.05) is 11.4 Å². The molecule has 2 heterocycles. The molecule has 0 radical (unpaired) electrons. The summed E-state index contributed by atoms with van der Waals surface area (Å²) in [6, 6.07) is 15.7. The first-order valence-electron chi connectivity index (χ1n) is 10.8. The molecule has 2 aromatic carbocycles. The van der Waals surface area contributed by atoms with E-state index >= 15 is 0 Å². The van der Waals surface area contributed by atoms with Crippen LogP contribution in [0, 0.1) is 5.92 Å². The van der Waals surface area contributed by atoms with Gasteiger partial charge in [-0.3, -0.25) is 9.59 Å². The summed E-state index contributed by atoms with van der Waals surface area (Å²) >= 11 is 0. The van der Waals surface area contributed by atoms with E-state index in [0.717, 1.165) is 29.9 Å². The molecule has 2 aliphatic rings. The largest absolute Gasteiger partial charge is 0.342 e. The first kappa shape index (κ1) is 19.5. The Bertz CT molecular complexity index is 1120. The number of aryl methyl sites for hydroxylation is 3. The monoisotopic (exact) mass is 414 g/mol. The minimum absolute atomic E-state index is 0.00588. The summed E-state index contributed by atoms with van der Waals surface area (Å²) in [5, 5.41) is 3.15. The number of nitrogens with one attached hydrogen (secondary N) is 1. The van der Waals surface area contributed by atoms with Crippen molar-refractivity contribution in [2.45, 2.75) is 31.7 Å². The Balaban J connectivity index is 1.35. The minimum atomic E-state index is -0.382. The third kappa shape index (κ3) is 3.74. The van der Waals surface area contributed by atoms with Crippen LogP contribution in [0.3, 0.4) is 0 Å². The minimum Gasteiger partial charge on any atom is -0.342 e. The zero-order chi connectivity index (χ0) is 21.4. The molecule has 158 valence electrons. The highest BCUT2D eigenvalue weighted by molar-refractivity contribution is 6.00. The lowest BCUT2D eigenvalue weighted by molar-refractivity contribution is -0.126. The van der Waals surface area contributed by atoms with Gasteiger partial charge in [0.1, 0.15) is 11.9 Å². The van der Waals surface area contributed by atoms with Crippen LogP contribution in [0.15, 0.2) is 60.9 Å². The molecule has 2 atom stereocenters. The van der Waals surface area contributed by atoms with E-state index in [2.05, 4.69) is 22.4 Å². The maximum absolute atomic E-state index is 13.2. The van der Waals surface area contributed by atoms with E-state index in [0.29, 0.717) is 6.54 Å². The van der Waals surface area contributed by atoms with Crippen molar-refractivity contribution in [3.63, 3.8) is 0 Å². The standard InChI is InChI=1S/C25H26N4O2/c1-28-13-12-26-24(28)23(18-6-3-2-4-7-18)27-25(31)20-15-22(30)29(16-20)21-11-10-17-8-5-9-19(17)14-21/h2-4,6-7,10-14,20,23H,5,8-9,15-16H2,1H3,(H,27,31). The van der Waals surface area contributed by atoms with Gasteiger partial charge in [-0.05, 0) is 48.1 Å². The van der Waals surface area contributed by atoms with E-state index in [4.69, 9.17) is 0 Å². The maximum atomic E-state index is 13.2. The summed E-state index contributed by atoms with van der Waals surface area (Å²) in [5.74, 6) is 0.270. The van der Waals surface area contributed by atoms with Crippen LogP contribution in [-0.4, -0.2) is 27.9 Å². The van der Waals surface area contributed by atoms with Crippen LogP contribution < -0.4 is 10.2 Å². The molecule has 0 spiro atoms. The molecule has 31 heavy (non-hydrogen) atoms. The highest BCUT2D eigenvalue weighted by Crippen LogP contribution is 2.31. The smallest absolute Gasteiger partial charge is 0.227 e. The molecule has 2 unspecified atom stereocenters. The number of fused-ring (bicyclic) bond motifs is 1. The van der Waals surface area contributed by atoms with Crippen molar-refractivity contribution >= 4 is 17.5 Å². The van der Waals surface area contributed by atoms with E-state index in [9.17, 15) is 9.59 Å². The number of carbonyl (C=O) groups is 2. The highest BCUT2D eigenvalue weighted by atomic mass is 16.2. The van der Waals surface area contributed by atoms with Crippen molar-refractivity contribution in [3.8, 4) is 0 Å². The Labute approximate surface area is 181 Å². The molecule has 1 aromatic heterocycles. The summed E-state index contributed by atoms with van der Waals surface area (Å²) in [5.41, 5.74) is 4.58. The van der Waals surface area contributed by atoms with Crippen LogP contribution in [-0.2, 0) is 29.5 Å². The molecule has 3 aromatic rings. The Morgan fingerprint density at radius 2 is 1.94 bits per heavy atom. The van der Waals surface area contributed by atoms with Gasteiger partial charge >= 0.3 is 0 Å². The van der Waals surface area contributed by atoms with Gasteiger partial charge in [-0.25, -0.2) is 4.98 Å². The second-order valence-corrected chi connectivity index (χ2v) is 8.46. The number of imidazole rings is 1. The van der Waals surface area contributed by atoms with Gasteiger partial charge in [0, 0.05) is 38.1 Å². The Hall–Kier alpha value is -3.41. The fourth-order valence-corrected chi connectivity index (χ4v) is 4.72. The van der Waals surface area contributed by atoms with Crippen molar-refractivity contribution < 1.29 is 9.59 Å². The van der Waals surface area contributed by atoms with E-state index in [1.165, 1.54) is 17.5 Å². The number of amides is 2. The van der Waals surface area contributed by atoms with Gasteiger partial charge in [0.05, 0.1) is 5.92 Å². The molecule has 2 amide bonds. The molecule has 6 heteroatoms. The molecule has 0 saturated carbocycles. The zero-order valence-electron chi connectivity index (χ0n) is 17.6. The van der Waals surface area contributed by atoms with E-state index in [1.54, 1.807) is 11.1 Å². The third-order valence-corrected chi connectivity index (χ3v) is 6.43. The summed E-state index contributed by atoms with van der Waals surface area (Å²) in [7, 11) is 1.92. The van der Waals surface area contributed by atoms with Crippen molar-refractivity contribution in [1.29, 1.82) is 0 Å².